The molecule has 0 heterocycles. The molecule has 0 amide bonds. The number of fused-ring (bicyclic) bond motifs is 1. The number of nitrogens with two attached hydrogens (primary N) is 1. The third-order valence-electron chi connectivity index (χ3n) is 8.57. The molecule has 0 saturated carbocycles. The minimum absolute atomic E-state index is 0.0108. The summed E-state index contributed by atoms with van der Waals surface area (Å²) in [7, 11) is 4.14. The third-order valence-corrected chi connectivity index (χ3v) is 8.57. The lowest BCUT2D eigenvalue weighted by Gasteiger charge is -2.44. The number of Topliss-reactive ketones (excluding diaryl/α,β-unsaturated/α-hetero) is 1. The summed E-state index contributed by atoms with van der Waals surface area (Å²) in [5.74, 6) is 0.115. The van der Waals surface area contributed by atoms with Crippen LogP contribution in [0, 0.1) is 18.3 Å². The molecule has 0 aliphatic heterocycles. The summed E-state index contributed by atoms with van der Waals surface area (Å²) in [4.78, 5) is 16.4. The van der Waals surface area contributed by atoms with Crippen molar-refractivity contribution in [2.75, 3.05) is 14.1 Å². The monoisotopic (exact) mass is 554 g/mol. The molecular weight excluding hydrogens is 504 g/mol. The van der Waals surface area contributed by atoms with E-state index in [1.54, 1.807) is 0 Å². The van der Waals surface area contributed by atoms with Gasteiger partial charge < -0.3 is 15.7 Å². The Labute approximate surface area is 248 Å². The highest BCUT2D eigenvalue weighted by atomic mass is 16.3. The fraction of sp³-hybridized carbons (Fsp3) is 0.432. The molecule has 220 valence electrons. The molecule has 2 aromatic carbocycles. The maximum Gasteiger partial charge on any atom is 0.189 e. The van der Waals surface area contributed by atoms with Crippen LogP contribution in [0.2, 0.25) is 0 Å². The van der Waals surface area contributed by atoms with Crippen LogP contribution in [0.3, 0.4) is 0 Å². The van der Waals surface area contributed by atoms with E-state index in [4.69, 9.17) is 5.73 Å². The van der Waals surface area contributed by atoms with Crippen LogP contribution in [0.4, 0.5) is 0 Å². The molecule has 2 aromatic rings. The van der Waals surface area contributed by atoms with Crippen LogP contribution < -0.4 is 5.73 Å². The lowest BCUT2D eigenvalue weighted by molar-refractivity contribution is 0.0443. The highest BCUT2D eigenvalue weighted by molar-refractivity contribution is 6.13. The summed E-state index contributed by atoms with van der Waals surface area (Å²) in [6.45, 7) is 23.3. The Bertz CT molecular complexity index is 1420. The quantitative estimate of drug-likeness (QED) is 0.356. The molecule has 3 N–H and O–H groups in total. The zero-order chi connectivity index (χ0) is 30.8. The second-order valence-electron chi connectivity index (χ2n) is 12.5. The number of ketones is 1. The predicted octanol–water partition coefficient (Wildman–Crippen LogP) is 7.95. The molecule has 41 heavy (non-hydrogen) atoms. The SMILES string of the molecule is C=C(N)C1=C(C)C[C@](C)(CC2Cc3c(-c4cccc(CN(C)C)c4)ccc(C)c3C(=O)C2=C(C)C)[C@@H](O)C1=C.CC. The number of aliphatic hydroxyl groups excluding tert-OH is 1. The van der Waals surface area contributed by atoms with Gasteiger partial charge in [-0.05, 0) is 106 Å². The third kappa shape index (κ3) is 6.34. The van der Waals surface area contributed by atoms with Gasteiger partial charge in [-0.15, -0.1) is 0 Å². The van der Waals surface area contributed by atoms with E-state index in [1.807, 2.05) is 41.5 Å². The first-order valence-corrected chi connectivity index (χ1v) is 14.9. The van der Waals surface area contributed by atoms with Gasteiger partial charge in [0.05, 0.1) is 6.10 Å². The molecule has 0 spiro atoms. The van der Waals surface area contributed by atoms with Crippen molar-refractivity contribution in [2.45, 2.75) is 80.4 Å². The summed E-state index contributed by atoms with van der Waals surface area (Å²) < 4.78 is 0. The van der Waals surface area contributed by atoms with Crippen LogP contribution in [-0.4, -0.2) is 36.0 Å². The molecule has 0 bridgehead atoms. The smallest absolute Gasteiger partial charge is 0.189 e. The Balaban J connectivity index is 0.00000226. The van der Waals surface area contributed by atoms with Crippen LogP contribution in [0.5, 0.6) is 0 Å². The highest BCUT2D eigenvalue weighted by Gasteiger charge is 2.45. The summed E-state index contributed by atoms with van der Waals surface area (Å²) in [6, 6.07) is 12.9. The predicted molar refractivity (Wildman–Crippen MR) is 174 cm³/mol. The van der Waals surface area contributed by atoms with Crippen molar-refractivity contribution >= 4 is 5.78 Å². The number of aliphatic hydroxyl groups is 1. The lowest BCUT2D eigenvalue weighted by atomic mass is 9.61. The van der Waals surface area contributed by atoms with Crippen LogP contribution in [-0.2, 0) is 13.0 Å². The van der Waals surface area contributed by atoms with Gasteiger partial charge in [0.1, 0.15) is 0 Å². The van der Waals surface area contributed by atoms with Gasteiger partial charge in [-0.1, -0.05) is 75.4 Å². The molecule has 3 atom stereocenters. The zero-order valence-corrected chi connectivity index (χ0v) is 26.7. The van der Waals surface area contributed by atoms with Crippen molar-refractivity contribution in [3.63, 3.8) is 0 Å². The van der Waals surface area contributed by atoms with Crippen molar-refractivity contribution in [3.8, 4) is 11.1 Å². The Morgan fingerprint density at radius 3 is 2.39 bits per heavy atom. The highest BCUT2D eigenvalue weighted by Crippen LogP contribution is 2.50. The van der Waals surface area contributed by atoms with Gasteiger partial charge in [-0.2, -0.15) is 0 Å². The topological polar surface area (TPSA) is 66.6 Å². The second-order valence-corrected chi connectivity index (χ2v) is 12.5. The average Bonchev–Trinajstić information content (AvgIpc) is 2.88. The molecule has 4 nitrogen and oxygen atoms in total. The van der Waals surface area contributed by atoms with Crippen molar-refractivity contribution in [1.82, 2.24) is 4.90 Å². The number of allylic oxidation sites excluding steroid dienone is 4. The van der Waals surface area contributed by atoms with E-state index in [2.05, 4.69) is 75.5 Å². The first-order chi connectivity index (χ1) is 19.2. The molecule has 1 unspecified atom stereocenters. The van der Waals surface area contributed by atoms with Crippen molar-refractivity contribution in [2.24, 2.45) is 17.1 Å². The first kappa shape index (κ1) is 32.3. The standard InChI is InChI=1S/C35H44N2O2.C2H6/c1-20(2)30-27(18-35(7)17-22(4)31(24(6)36)23(5)34(35)39)16-29-28(14-13-21(3)32(29)33(30)38)26-12-10-11-25(15-26)19-37(8)9;1-2/h10-15,27,34,39H,5-6,16-19,36H2,1-4,7-9H3;1-2H3/t27?,34-,35+;/m0./s1. The fourth-order valence-corrected chi connectivity index (χ4v) is 7.09. The maximum atomic E-state index is 14.2. The van der Waals surface area contributed by atoms with Crippen LogP contribution >= 0.6 is 0 Å². The number of hydrogen-bond acceptors (Lipinski definition) is 4. The number of rotatable bonds is 6. The van der Waals surface area contributed by atoms with Crippen LogP contribution in [0.1, 0.15) is 81.4 Å². The van der Waals surface area contributed by atoms with Crippen molar-refractivity contribution in [1.29, 1.82) is 0 Å². The number of carbonyl (C=O) groups is 1. The Hall–Kier alpha value is -3.21. The fourth-order valence-electron chi connectivity index (χ4n) is 7.09. The van der Waals surface area contributed by atoms with E-state index in [0.29, 0.717) is 24.1 Å². The number of carbonyl (C=O) groups excluding carboxylic acids is 1. The van der Waals surface area contributed by atoms with Crippen LogP contribution in [0.15, 0.2) is 83.1 Å². The van der Waals surface area contributed by atoms with Gasteiger partial charge in [0, 0.05) is 34.4 Å². The summed E-state index contributed by atoms with van der Waals surface area (Å²) in [5.41, 5.74) is 17.0. The van der Waals surface area contributed by atoms with Gasteiger partial charge in [0.25, 0.3) is 0 Å². The minimum Gasteiger partial charge on any atom is -0.399 e. The van der Waals surface area contributed by atoms with Gasteiger partial charge >= 0.3 is 0 Å². The van der Waals surface area contributed by atoms with E-state index in [-0.39, 0.29) is 11.7 Å². The van der Waals surface area contributed by atoms with Crippen molar-refractivity contribution < 1.29 is 9.90 Å². The largest absolute Gasteiger partial charge is 0.399 e. The van der Waals surface area contributed by atoms with Gasteiger partial charge in [-0.3, -0.25) is 4.79 Å². The number of benzene rings is 2. The number of hydrogen-bond donors (Lipinski definition) is 2. The van der Waals surface area contributed by atoms with E-state index in [0.717, 1.165) is 63.1 Å². The normalized spacial score (nSPS) is 22.4. The van der Waals surface area contributed by atoms with E-state index in [1.165, 1.54) is 5.56 Å². The number of aryl methyl sites for hydroxylation is 1. The minimum atomic E-state index is -0.758. The lowest BCUT2D eigenvalue weighted by Crippen LogP contribution is -2.42. The van der Waals surface area contributed by atoms with Gasteiger partial charge in [0.15, 0.2) is 5.78 Å². The second kappa shape index (κ2) is 12.8. The molecule has 0 saturated heterocycles. The zero-order valence-electron chi connectivity index (χ0n) is 26.7. The number of nitrogens with zero attached hydrogens (tertiary/aromatic N) is 1. The summed E-state index contributed by atoms with van der Waals surface area (Å²) in [5, 5.41) is 11.5. The van der Waals surface area contributed by atoms with E-state index in [9.17, 15) is 9.90 Å². The molecule has 0 aromatic heterocycles. The molecule has 4 rings (SSSR count). The first-order valence-electron chi connectivity index (χ1n) is 14.9. The van der Waals surface area contributed by atoms with Gasteiger partial charge in [-0.25, -0.2) is 0 Å². The van der Waals surface area contributed by atoms with E-state index < -0.39 is 11.5 Å². The Morgan fingerprint density at radius 1 is 1.15 bits per heavy atom. The molecule has 0 radical (unpaired) electrons. The molecule has 2 aliphatic carbocycles. The summed E-state index contributed by atoms with van der Waals surface area (Å²) in [6.07, 6.45) is 1.35. The molecule has 0 fully saturated rings. The summed E-state index contributed by atoms with van der Waals surface area (Å²) >= 11 is 0. The van der Waals surface area contributed by atoms with Gasteiger partial charge in [0.2, 0.25) is 0 Å². The molecular formula is C37H50N2O2. The maximum absolute atomic E-state index is 14.2. The Morgan fingerprint density at radius 2 is 1.80 bits per heavy atom. The Kier molecular flexibility index (Phi) is 10.0. The van der Waals surface area contributed by atoms with E-state index >= 15 is 0 Å². The van der Waals surface area contributed by atoms with Crippen LogP contribution in [0.25, 0.3) is 11.1 Å². The van der Waals surface area contributed by atoms with Crippen molar-refractivity contribution in [3.05, 3.63) is 105 Å². The average molecular weight is 555 g/mol. The molecule has 4 heteroatoms. The molecule has 2 aliphatic rings.